The predicted octanol–water partition coefficient (Wildman–Crippen LogP) is 2.24. The summed E-state index contributed by atoms with van der Waals surface area (Å²) in [4.78, 5) is 26.4. The van der Waals surface area contributed by atoms with Crippen LogP contribution in [0, 0.1) is 0 Å². The van der Waals surface area contributed by atoms with Crippen LogP contribution in [0.25, 0.3) is 0 Å². The van der Waals surface area contributed by atoms with Crippen LogP contribution >= 0.6 is 0 Å². The second kappa shape index (κ2) is 7.25. The van der Waals surface area contributed by atoms with Crippen LogP contribution in [0.5, 0.6) is 11.5 Å². The number of hydrogen-bond acceptors (Lipinski definition) is 4. The van der Waals surface area contributed by atoms with Gasteiger partial charge in [-0.25, -0.2) is 0 Å². The van der Waals surface area contributed by atoms with Gasteiger partial charge in [0.25, 0.3) is 5.91 Å². The van der Waals surface area contributed by atoms with Crippen LogP contribution in [0.3, 0.4) is 0 Å². The largest absolute Gasteiger partial charge is 0.493 e. The van der Waals surface area contributed by atoms with Gasteiger partial charge in [0.1, 0.15) is 0 Å². The van der Waals surface area contributed by atoms with Crippen molar-refractivity contribution in [2.24, 2.45) is 0 Å². The standard InChI is InChI=1S/C19H20N2O4/c1-24-16-9-8-13(10-17(16)25-2)19(23)20-14-11-18(22)21(12-14)15-6-4-3-5-7-15/h3-10,14H,11-12H2,1-2H3,(H,20,23). The van der Waals surface area contributed by atoms with Crippen LogP contribution in [0.2, 0.25) is 0 Å². The maximum atomic E-state index is 12.5. The fraction of sp³-hybridized carbons (Fsp3) is 0.263. The van der Waals surface area contributed by atoms with Crippen LogP contribution in [0.4, 0.5) is 5.69 Å². The minimum atomic E-state index is -0.242. The first kappa shape index (κ1) is 16.8. The summed E-state index contributed by atoms with van der Waals surface area (Å²) in [7, 11) is 3.06. The van der Waals surface area contributed by atoms with Crippen molar-refractivity contribution >= 4 is 17.5 Å². The quantitative estimate of drug-likeness (QED) is 0.906. The lowest BCUT2D eigenvalue weighted by Gasteiger charge is -2.17. The number of para-hydroxylation sites is 1. The third-order valence-corrected chi connectivity index (χ3v) is 4.17. The van der Waals surface area contributed by atoms with E-state index in [2.05, 4.69) is 5.32 Å². The maximum absolute atomic E-state index is 12.5. The Morgan fingerprint density at radius 1 is 1.08 bits per heavy atom. The summed E-state index contributed by atoms with van der Waals surface area (Å²) in [6.45, 7) is 0.460. The number of amides is 2. The number of ether oxygens (including phenoxy) is 2. The molecule has 0 aliphatic carbocycles. The molecule has 1 fully saturated rings. The van der Waals surface area contributed by atoms with Crippen LogP contribution in [0.1, 0.15) is 16.8 Å². The molecule has 0 radical (unpaired) electrons. The Labute approximate surface area is 146 Å². The minimum Gasteiger partial charge on any atom is -0.493 e. The smallest absolute Gasteiger partial charge is 0.251 e. The van der Waals surface area contributed by atoms with Crippen LogP contribution < -0.4 is 19.7 Å². The molecular weight excluding hydrogens is 320 g/mol. The van der Waals surface area contributed by atoms with Gasteiger partial charge in [0.15, 0.2) is 11.5 Å². The number of anilines is 1. The zero-order valence-electron chi connectivity index (χ0n) is 14.2. The Morgan fingerprint density at radius 2 is 1.80 bits per heavy atom. The van der Waals surface area contributed by atoms with Crippen molar-refractivity contribution in [2.75, 3.05) is 25.7 Å². The van der Waals surface area contributed by atoms with Crippen molar-refractivity contribution in [3.8, 4) is 11.5 Å². The van der Waals surface area contributed by atoms with Gasteiger partial charge in [0.2, 0.25) is 5.91 Å². The van der Waals surface area contributed by atoms with E-state index in [1.165, 1.54) is 7.11 Å². The van der Waals surface area contributed by atoms with Gasteiger partial charge in [-0.3, -0.25) is 9.59 Å². The first-order valence-electron chi connectivity index (χ1n) is 8.00. The van der Waals surface area contributed by atoms with E-state index >= 15 is 0 Å². The maximum Gasteiger partial charge on any atom is 0.251 e. The van der Waals surface area contributed by atoms with E-state index in [4.69, 9.17) is 9.47 Å². The molecule has 1 aliphatic heterocycles. The average Bonchev–Trinajstić information content (AvgIpc) is 3.01. The number of benzene rings is 2. The van der Waals surface area contributed by atoms with E-state index < -0.39 is 0 Å². The van der Waals surface area contributed by atoms with Gasteiger partial charge in [-0.15, -0.1) is 0 Å². The first-order valence-corrected chi connectivity index (χ1v) is 8.00. The summed E-state index contributed by atoms with van der Waals surface area (Å²) < 4.78 is 10.4. The van der Waals surface area contributed by atoms with Gasteiger partial charge < -0.3 is 19.7 Å². The third kappa shape index (κ3) is 3.57. The zero-order chi connectivity index (χ0) is 17.8. The average molecular weight is 340 g/mol. The van der Waals surface area contributed by atoms with E-state index in [0.29, 0.717) is 23.6 Å². The summed E-state index contributed by atoms with van der Waals surface area (Å²) in [6, 6.07) is 14.2. The Morgan fingerprint density at radius 3 is 2.48 bits per heavy atom. The summed E-state index contributed by atoms with van der Waals surface area (Å²) >= 11 is 0. The van der Waals surface area contributed by atoms with E-state index in [0.717, 1.165) is 5.69 Å². The highest BCUT2D eigenvalue weighted by Gasteiger charge is 2.31. The molecule has 6 nitrogen and oxygen atoms in total. The molecule has 1 heterocycles. The SMILES string of the molecule is COc1ccc(C(=O)NC2CC(=O)N(c3ccccc3)C2)cc1OC. The molecule has 25 heavy (non-hydrogen) atoms. The van der Waals surface area contributed by atoms with Gasteiger partial charge in [-0.05, 0) is 30.3 Å². The van der Waals surface area contributed by atoms with Gasteiger partial charge in [0.05, 0.1) is 20.3 Å². The normalized spacial score (nSPS) is 16.6. The van der Waals surface area contributed by atoms with Crippen molar-refractivity contribution < 1.29 is 19.1 Å². The molecule has 1 unspecified atom stereocenters. The topological polar surface area (TPSA) is 67.9 Å². The highest BCUT2D eigenvalue weighted by atomic mass is 16.5. The number of rotatable bonds is 5. The molecule has 1 saturated heterocycles. The molecule has 0 aromatic heterocycles. The molecule has 2 aromatic rings. The highest BCUT2D eigenvalue weighted by Crippen LogP contribution is 2.28. The number of carbonyl (C=O) groups excluding carboxylic acids is 2. The minimum absolute atomic E-state index is 0.00353. The lowest BCUT2D eigenvalue weighted by Crippen LogP contribution is -2.37. The van der Waals surface area contributed by atoms with Gasteiger partial charge >= 0.3 is 0 Å². The van der Waals surface area contributed by atoms with Crippen molar-refractivity contribution in [3.05, 3.63) is 54.1 Å². The summed E-state index contributed by atoms with van der Waals surface area (Å²) in [5.74, 6) is 0.811. The van der Waals surface area contributed by atoms with Crippen LogP contribution in [-0.2, 0) is 4.79 Å². The number of nitrogens with one attached hydrogen (secondary N) is 1. The third-order valence-electron chi connectivity index (χ3n) is 4.17. The molecule has 0 spiro atoms. The van der Waals surface area contributed by atoms with Gasteiger partial charge in [0, 0.05) is 24.2 Å². The molecule has 6 heteroatoms. The molecule has 130 valence electrons. The van der Waals surface area contributed by atoms with Crippen molar-refractivity contribution in [1.82, 2.24) is 5.32 Å². The number of hydrogen-bond donors (Lipinski definition) is 1. The first-order chi connectivity index (χ1) is 12.1. The summed E-state index contributed by atoms with van der Waals surface area (Å²) in [5, 5.41) is 2.92. The molecular formula is C19H20N2O4. The van der Waals surface area contributed by atoms with Crippen LogP contribution in [0.15, 0.2) is 48.5 Å². The van der Waals surface area contributed by atoms with Crippen molar-refractivity contribution in [3.63, 3.8) is 0 Å². The molecule has 1 atom stereocenters. The molecule has 1 N–H and O–H groups in total. The van der Waals surface area contributed by atoms with Crippen molar-refractivity contribution in [1.29, 1.82) is 0 Å². The van der Waals surface area contributed by atoms with Crippen molar-refractivity contribution in [2.45, 2.75) is 12.5 Å². The Kier molecular flexibility index (Phi) is 4.88. The Hall–Kier alpha value is -3.02. The summed E-state index contributed by atoms with van der Waals surface area (Å²) in [5.41, 5.74) is 1.30. The lowest BCUT2D eigenvalue weighted by atomic mass is 10.1. The number of methoxy groups -OCH3 is 2. The Balaban J connectivity index is 1.69. The molecule has 3 rings (SSSR count). The fourth-order valence-corrected chi connectivity index (χ4v) is 2.91. The lowest BCUT2D eigenvalue weighted by molar-refractivity contribution is -0.117. The summed E-state index contributed by atoms with van der Waals surface area (Å²) in [6.07, 6.45) is 0.286. The fourth-order valence-electron chi connectivity index (χ4n) is 2.91. The van der Waals surface area contributed by atoms with Gasteiger partial charge in [-0.1, -0.05) is 18.2 Å². The van der Waals surface area contributed by atoms with Crippen LogP contribution in [-0.4, -0.2) is 38.6 Å². The number of carbonyl (C=O) groups is 2. The second-order valence-corrected chi connectivity index (χ2v) is 5.78. The highest BCUT2D eigenvalue weighted by molar-refractivity contribution is 5.99. The number of nitrogens with zero attached hydrogens (tertiary/aromatic N) is 1. The zero-order valence-corrected chi connectivity index (χ0v) is 14.2. The molecule has 0 saturated carbocycles. The molecule has 0 bridgehead atoms. The Bertz CT molecular complexity index is 776. The van der Waals surface area contributed by atoms with E-state index in [9.17, 15) is 9.59 Å². The molecule has 1 aliphatic rings. The van der Waals surface area contributed by atoms with E-state index in [1.54, 1.807) is 30.2 Å². The second-order valence-electron chi connectivity index (χ2n) is 5.78. The molecule has 2 amide bonds. The van der Waals surface area contributed by atoms with E-state index in [1.807, 2.05) is 30.3 Å². The molecule has 2 aromatic carbocycles. The predicted molar refractivity (Wildman–Crippen MR) is 94.2 cm³/mol. The monoisotopic (exact) mass is 340 g/mol. The van der Waals surface area contributed by atoms with E-state index in [-0.39, 0.29) is 24.3 Å². The van der Waals surface area contributed by atoms with Gasteiger partial charge in [-0.2, -0.15) is 0 Å².